The summed E-state index contributed by atoms with van der Waals surface area (Å²) in [5, 5.41) is 4.18. The van der Waals surface area contributed by atoms with E-state index in [0.717, 1.165) is 25.9 Å². The molecule has 4 unspecified atom stereocenters. The van der Waals surface area contributed by atoms with Crippen LogP contribution in [0.2, 0.25) is 32.7 Å². The first kappa shape index (κ1) is 34.3. The van der Waals surface area contributed by atoms with Gasteiger partial charge in [0, 0.05) is 0 Å². The molecule has 4 atom stereocenters. The number of benzene rings is 5. The van der Waals surface area contributed by atoms with E-state index >= 15 is 0 Å². The molecule has 46 heavy (non-hydrogen) atoms. The van der Waals surface area contributed by atoms with Crippen molar-refractivity contribution in [3.05, 3.63) is 152 Å². The minimum atomic E-state index is -3.47. The van der Waals surface area contributed by atoms with E-state index in [1.807, 2.05) is 171 Å². The molecular formula is C35H42O6Si5. The molecule has 0 aliphatic rings. The van der Waals surface area contributed by atoms with Gasteiger partial charge < -0.3 is 26.1 Å². The van der Waals surface area contributed by atoms with E-state index in [0.29, 0.717) is 0 Å². The molecule has 11 heteroatoms. The average Bonchev–Trinajstić information content (AvgIpc) is 3.06. The third-order valence-electron chi connectivity index (χ3n) is 8.08. The Hall–Kier alpha value is -3.06. The molecule has 0 aliphatic heterocycles. The standard InChI is InChI=1S/C35H42O6Si5/c1-42(36,31-21-11-6-12-22-31)38-44(3,33-25-15-8-16-26-33)40-46(5,35-29-19-10-20-30-35)41-45(4,34-27-17-9-18-28-34)39-43(2,37)32-23-13-7-14-24-32/h6-30,36-37H,1-5H3. The van der Waals surface area contributed by atoms with Crippen molar-refractivity contribution < 1.29 is 26.1 Å². The Labute approximate surface area is 278 Å². The van der Waals surface area contributed by atoms with Crippen LogP contribution in [0.4, 0.5) is 0 Å². The molecule has 0 spiro atoms. The van der Waals surface area contributed by atoms with E-state index in [4.69, 9.17) is 16.5 Å². The minimum absolute atomic E-state index is 0.758. The molecule has 5 aromatic carbocycles. The van der Waals surface area contributed by atoms with Crippen molar-refractivity contribution >= 4 is 68.7 Å². The first-order valence-electron chi connectivity index (χ1n) is 15.4. The Morgan fingerprint density at radius 3 is 0.739 bits per heavy atom. The summed E-state index contributed by atoms with van der Waals surface area (Å²) in [5.74, 6) is 0. The maximum Gasteiger partial charge on any atom is 0.358 e. The zero-order chi connectivity index (χ0) is 32.9. The van der Waals surface area contributed by atoms with Crippen LogP contribution in [0.5, 0.6) is 0 Å². The van der Waals surface area contributed by atoms with Gasteiger partial charge in [-0.05, 0) is 58.7 Å². The normalized spacial score (nSPS) is 18.2. The Morgan fingerprint density at radius 2 is 0.500 bits per heavy atom. The lowest BCUT2D eigenvalue weighted by molar-refractivity contribution is 0.283. The molecule has 5 aromatic rings. The fourth-order valence-corrected chi connectivity index (χ4v) is 27.2. The van der Waals surface area contributed by atoms with Crippen LogP contribution in [0, 0.1) is 0 Å². The molecule has 0 saturated carbocycles. The van der Waals surface area contributed by atoms with E-state index in [1.165, 1.54) is 0 Å². The quantitative estimate of drug-likeness (QED) is 0.182. The predicted molar refractivity (Wildman–Crippen MR) is 197 cm³/mol. The van der Waals surface area contributed by atoms with Crippen LogP contribution >= 0.6 is 0 Å². The van der Waals surface area contributed by atoms with E-state index in [1.54, 1.807) is 13.1 Å². The van der Waals surface area contributed by atoms with Crippen LogP contribution in [0.25, 0.3) is 0 Å². The van der Waals surface area contributed by atoms with Crippen LogP contribution in [0.15, 0.2) is 152 Å². The maximum absolute atomic E-state index is 11.9. The molecule has 5 rings (SSSR count). The van der Waals surface area contributed by atoms with Gasteiger partial charge in [-0.2, -0.15) is 0 Å². The number of rotatable bonds is 13. The second-order valence-electron chi connectivity index (χ2n) is 12.0. The minimum Gasteiger partial charge on any atom is -0.409 e. The Bertz CT molecular complexity index is 1580. The molecule has 0 saturated heterocycles. The largest absolute Gasteiger partial charge is 0.409 e. The summed E-state index contributed by atoms with van der Waals surface area (Å²) in [6, 6.07) is 48.8. The molecule has 0 amide bonds. The Balaban J connectivity index is 1.63. The van der Waals surface area contributed by atoms with Crippen LogP contribution in [-0.2, 0) is 16.5 Å². The first-order chi connectivity index (χ1) is 21.9. The molecule has 6 nitrogen and oxygen atoms in total. The van der Waals surface area contributed by atoms with Crippen molar-refractivity contribution in [2.45, 2.75) is 32.7 Å². The SMILES string of the molecule is C[Si](O)(O[Si](C)(O[Si](C)(O[Si](C)(O[Si](C)(O)c1ccccc1)c1ccccc1)c1ccccc1)c1ccccc1)c1ccccc1. The highest BCUT2D eigenvalue weighted by Crippen LogP contribution is 2.26. The zero-order valence-electron chi connectivity index (χ0n) is 27.0. The summed E-state index contributed by atoms with van der Waals surface area (Å²) in [6.45, 7) is 9.57. The van der Waals surface area contributed by atoms with Gasteiger partial charge in [-0.15, -0.1) is 0 Å². The third kappa shape index (κ3) is 7.90. The van der Waals surface area contributed by atoms with Crippen LogP contribution in [-0.4, -0.2) is 52.4 Å². The molecule has 0 radical (unpaired) electrons. The Morgan fingerprint density at radius 1 is 0.304 bits per heavy atom. The van der Waals surface area contributed by atoms with Gasteiger partial charge in [-0.25, -0.2) is 0 Å². The van der Waals surface area contributed by atoms with Gasteiger partial charge in [0.05, 0.1) is 0 Å². The van der Waals surface area contributed by atoms with Crippen LogP contribution in [0.1, 0.15) is 0 Å². The van der Waals surface area contributed by atoms with Gasteiger partial charge in [0.1, 0.15) is 0 Å². The van der Waals surface area contributed by atoms with Gasteiger partial charge in [-0.3, -0.25) is 0 Å². The predicted octanol–water partition coefficient (Wildman–Crippen LogP) is 3.93. The molecule has 0 aromatic heterocycles. The highest BCUT2D eigenvalue weighted by molar-refractivity contribution is 7.02. The maximum atomic E-state index is 11.9. The van der Waals surface area contributed by atoms with Crippen LogP contribution in [0.3, 0.4) is 0 Å². The van der Waals surface area contributed by atoms with Crippen LogP contribution < -0.4 is 25.9 Å². The average molecular weight is 699 g/mol. The highest BCUT2D eigenvalue weighted by Gasteiger charge is 2.55. The number of hydrogen-bond donors (Lipinski definition) is 2. The molecule has 2 N–H and O–H groups in total. The summed E-state index contributed by atoms with van der Waals surface area (Å²) < 4.78 is 28.6. The lowest BCUT2D eigenvalue weighted by Gasteiger charge is -2.45. The van der Waals surface area contributed by atoms with E-state index in [2.05, 4.69) is 0 Å². The van der Waals surface area contributed by atoms with Crippen molar-refractivity contribution in [1.29, 1.82) is 0 Å². The Kier molecular flexibility index (Phi) is 10.4. The number of hydrogen-bond acceptors (Lipinski definition) is 6. The molecule has 0 fully saturated rings. The van der Waals surface area contributed by atoms with Gasteiger partial charge in [0.15, 0.2) is 0 Å². The first-order valence-corrected chi connectivity index (χ1v) is 27.0. The van der Waals surface area contributed by atoms with E-state index < -0.39 is 42.8 Å². The molecular weight excluding hydrogens is 657 g/mol. The molecule has 238 valence electrons. The fraction of sp³-hybridized carbons (Fsp3) is 0.143. The topological polar surface area (TPSA) is 77.4 Å². The second-order valence-corrected chi connectivity index (χ2v) is 27.8. The highest BCUT2D eigenvalue weighted by atomic mass is 28.5. The fourth-order valence-electron chi connectivity index (χ4n) is 5.75. The third-order valence-corrected chi connectivity index (χ3v) is 27.6. The van der Waals surface area contributed by atoms with Crippen molar-refractivity contribution in [3.63, 3.8) is 0 Å². The zero-order valence-corrected chi connectivity index (χ0v) is 32.0. The van der Waals surface area contributed by atoms with Crippen molar-refractivity contribution in [2.75, 3.05) is 0 Å². The smallest absolute Gasteiger partial charge is 0.358 e. The monoisotopic (exact) mass is 698 g/mol. The summed E-state index contributed by atoms with van der Waals surface area (Å²) in [5.41, 5.74) is 0. The van der Waals surface area contributed by atoms with E-state index in [-0.39, 0.29) is 0 Å². The summed E-state index contributed by atoms with van der Waals surface area (Å²) in [4.78, 5) is 23.9. The van der Waals surface area contributed by atoms with Gasteiger partial charge in [0.25, 0.3) is 0 Å². The summed E-state index contributed by atoms with van der Waals surface area (Å²) >= 11 is 0. The lowest BCUT2D eigenvalue weighted by atomic mass is 10.4. The molecule has 0 heterocycles. The summed E-state index contributed by atoms with van der Waals surface area (Å²) in [6.07, 6.45) is 0. The van der Waals surface area contributed by atoms with Gasteiger partial charge >= 0.3 is 42.8 Å². The van der Waals surface area contributed by atoms with Crippen molar-refractivity contribution in [1.82, 2.24) is 0 Å². The second kappa shape index (κ2) is 14.0. The van der Waals surface area contributed by atoms with Gasteiger partial charge in [0.2, 0.25) is 0 Å². The summed E-state index contributed by atoms with van der Waals surface area (Å²) in [7, 11) is -17.2. The van der Waals surface area contributed by atoms with Crippen molar-refractivity contribution in [2.24, 2.45) is 0 Å². The molecule has 0 bridgehead atoms. The van der Waals surface area contributed by atoms with Gasteiger partial charge in [-0.1, -0.05) is 152 Å². The van der Waals surface area contributed by atoms with Crippen molar-refractivity contribution in [3.8, 4) is 0 Å². The lowest BCUT2D eigenvalue weighted by Crippen LogP contribution is -2.73. The van der Waals surface area contributed by atoms with E-state index in [9.17, 15) is 9.59 Å². The molecule has 0 aliphatic carbocycles.